The number of ether oxygens (including phenoxy) is 1. The summed E-state index contributed by atoms with van der Waals surface area (Å²) in [7, 11) is 0. The molecule has 0 saturated carbocycles. The second-order valence-corrected chi connectivity index (χ2v) is 4.93. The number of aryl methyl sites for hydroxylation is 1. The summed E-state index contributed by atoms with van der Waals surface area (Å²) in [6.07, 6.45) is 0.917. The summed E-state index contributed by atoms with van der Waals surface area (Å²) >= 11 is 1.62. The Labute approximate surface area is 115 Å². The van der Waals surface area contributed by atoms with Crippen molar-refractivity contribution < 1.29 is 9.53 Å². The average Bonchev–Trinajstić information content (AvgIpc) is 2.85. The smallest absolute Gasteiger partial charge is 0.255 e. The summed E-state index contributed by atoms with van der Waals surface area (Å²) in [6, 6.07) is 5.37. The topological polar surface area (TPSA) is 91.2 Å². The van der Waals surface area contributed by atoms with Crippen LogP contribution in [-0.2, 0) is 11.2 Å². The van der Waals surface area contributed by atoms with Crippen LogP contribution in [0, 0.1) is 0 Å². The Bertz CT molecular complexity index is 595. The lowest BCUT2D eigenvalue weighted by Crippen LogP contribution is -2.20. The number of thiazole rings is 1. The number of nitrogens with two attached hydrogens (primary N) is 2. The Morgan fingerprint density at radius 2 is 2.26 bits per heavy atom. The van der Waals surface area contributed by atoms with Crippen LogP contribution < -0.4 is 16.2 Å². The number of primary amides is 1. The Kier molecular flexibility index (Phi) is 4.01. The highest BCUT2D eigenvalue weighted by Gasteiger charge is 2.07. The van der Waals surface area contributed by atoms with Gasteiger partial charge in [0.15, 0.2) is 6.61 Å². The predicted molar refractivity (Wildman–Crippen MR) is 76.0 cm³/mol. The maximum absolute atomic E-state index is 10.7. The van der Waals surface area contributed by atoms with Crippen molar-refractivity contribution in [2.75, 3.05) is 12.3 Å². The Balaban J connectivity index is 2.20. The first-order chi connectivity index (χ1) is 9.10. The van der Waals surface area contributed by atoms with Gasteiger partial charge in [-0.25, -0.2) is 4.98 Å². The number of anilines is 1. The molecule has 1 aromatic carbocycles. The van der Waals surface area contributed by atoms with Crippen molar-refractivity contribution in [3.8, 4) is 17.0 Å². The first-order valence-electron chi connectivity index (χ1n) is 5.85. The minimum atomic E-state index is -0.532. The number of nitrogen functional groups attached to an aromatic ring is 1. The molecular formula is C13H15N3O2S. The van der Waals surface area contributed by atoms with E-state index in [1.807, 2.05) is 11.4 Å². The molecule has 0 saturated heterocycles. The van der Waals surface area contributed by atoms with Crippen molar-refractivity contribution in [1.82, 2.24) is 4.98 Å². The zero-order chi connectivity index (χ0) is 13.8. The van der Waals surface area contributed by atoms with Crippen molar-refractivity contribution in [1.29, 1.82) is 0 Å². The van der Waals surface area contributed by atoms with Crippen LogP contribution in [-0.4, -0.2) is 17.5 Å². The largest absolute Gasteiger partial charge is 0.482 e. The van der Waals surface area contributed by atoms with Crippen molar-refractivity contribution in [3.63, 3.8) is 0 Å². The highest BCUT2D eigenvalue weighted by Crippen LogP contribution is 2.29. The van der Waals surface area contributed by atoms with Gasteiger partial charge in [0.2, 0.25) is 0 Å². The fourth-order valence-electron chi connectivity index (χ4n) is 1.59. The van der Waals surface area contributed by atoms with Crippen LogP contribution >= 0.6 is 11.3 Å². The van der Waals surface area contributed by atoms with Gasteiger partial charge >= 0.3 is 0 Å². The van der Waals surface area contributed by atoms with E-state index in [2.05, 4.69) is 11.9 Å². The van der Waals surface area contributed by atoms with Crippen LogP contribution in [0.4, 0.5) is 5.69 Å². The molecule has 0 aliphatic carbocycles. The van der Waals surface area contributed by atoms with E-state index in [0.29, 0.717) is 11.4 Å². The third kappa shape index (κ3) is 3.23. The van der Waals surface area contributed by atoms with Gasteiger partial charge < -0.3 is 16.2 Å². The summed E-state index contributed by atoms with van der Waals surface area (Å²) < 4.78 is 5.20. The lowest BCUT2D eigenvalue weighted by atomic mass is 10.1. The Morgan fingerprint density at radius 3 is 2.84 bits per heavy atom. The fraction of sp³-hybridized carbons (Fsp3) is 0.231. The normalized spacial score (nSPS) is 10.4. The van der Waals surface area contributed by atoms with Crippen molar-refractivity contribution in [3.05, 3.63) is 28.6 Å². The minimum Gasteiger partial charge on any atom is -0.482 e. The number of benzene rings is 1. The highest BCUT2D eigenvalue weighted by atomic mass is 32.1. The predicted octanol–water partition coefficient (Wildman–Crippen LogP) is 1.82. The van der Waals surface area contributed by atoms with Gasteiger partial charge in [-0.05, 0) is 24.6 Å². The third-order valence-electron chi connectivity index (χ3n) is 2.53. The maximum atomic E-state index is 10.7. The number of hydrogen-bond donors (Lipinski definition) is 2. The third-order valence-corrected chi connectivity index (χ3v) is 3.52. The van der Waals surface area contributed by atoms with E-state index in [1.54, 1.807) is 23.5 Å². The summed E-state index contributed by atoms with van der Waals surface area (Å²) in [4.78, 5) is 15.1. The maximum Gasteiger partial charge on any atom is 0.255 e. The number of aromatic nitrogens is 1. The number of amides is 1. The number of hydrogen-bond acceptors (Lipinski definition) is 5. The van der Waals surface area contributed by atoms with Gasteiger partial charge in [-0.3, -0.25) is 4.79 Å². The van der Waals surface area contributed by atoms with Crippen molar-refractivity contribution >= 4 is 22.9 Å². The lowest BCUT2D eigenvalue weighted by Gasteiger charge is -2.08. The van der Waals surface area contributed by atoms with Crippen LogP contribution in [0.1, 0.15) is 11.9 Å². The second-order valence-electron chi connectivity index (χ2n) is 3.99. The number of rotatable bonds is 5. The average molecular weight is 277 g/mol. The highest BCUT2D eigenvalue weighted by molar-refractivity contribution is 7.09. The molecule has 4 N–H and O–H groups in total. The van der Waals surface area contributed by atoms with Gasteiger partial charge in [-0.15, -0.1) is 11.3 Å². The van der Waals surface area contributed by atoms with E-state index < -0.39 is 5.91 Å². The molecule has 0 bridgehead atoms. The SMILES string of the molecule is CCc1nc(-c2ccc(OCC(N)=O)c(N)c2)cs1. The van der Waals surface area contributed by atoms with Crippen LogP contribution in [0.5, 0.6) is 5.75 Å². The summed E-state index contributed by atoms with van der Waals surface area (Å²) in [5.74, 6) is -0.0796. The standard InChI is InChI=1S/C13H15N3O2S/c1-2-13-16-10(7-19-13)8-3-4-11(9(14)5-8)18-6-12(15)17/h3-5,7H,2,6,14H2,1H3,(H2,15,17). The number of carbonyl (C=O) groups is 1. The van der Waals surface area contributed by atoms with E-state index in [1.165, 1.54) is 0 Å². The zero-order valence-corrected chi connectivity index (χ0v) is 11.4. The molecule has 0 radical (unpaired) electrons. The second kappa shape index (κ2) is 5.71. The molecular weight excluding hydrogens is 262 g/mol. The van der Waals surface area contributed by atoms with E-state index in [0.717, 1.165) is 22.7 Å². The van der Waals surface area contributed by atoms with Crippen LogP contribution in [0.3, 0.4) is 0 Å². The van der Waals surface area contributed by atoms with E-state index in [9.17, 15) is 4.79 Å². The zero-order valence-electron chi connectivity index (χ0n) is 10.6. The summed E-state index contributed by atoms with van der Waals surface area (Å²) in [5, 5.41) is 3.08. The monoisotopic (exact) mass is 277 g/mol. The molecule has 100 valence electrons. The van der Waals surface area contributed by atoms with Gasteiger partial charge in [-0.2, -0.15) is 0 Å². The molecule has 2 aromatic rings. The molecule has 1 aromatic heterocycles. The fourth-order valence-corrected chi connectivity index (χ4v) is 2.35. The number of carbonyl (C=O) groups excluding carboxylic acids is 1. The van der Waals surface area contributed by atoms with Crippen molar-refractivity contribution in [2.24, 2.45) is 5.73 Å². The summed E-state index contributed by atoms with van der Waals surface area (Å²) in [5.41, 5.74) is 13.2. The molecule has 0 atom stereocenters. The van der Waals surface area contributed by atoms with Crippen LogP contribution in [0.2, 0.25) is 0 Å². The van der Waals surface area contributed by atoms with E-state index in [4.69, 9.17) is 16.2 Å². The van der Waals surface area contributed by atoms with E-state index in [-0.39, 0.29) is 6.61 Å². The molecule has 0 aliphatic rings. The van der Waals surface area contributed by atoms with Gasteiger partial charge in [0.1, 0.15) is 5.75 Å². The molecule has 5 nitrogen and oxygen atoms in total. The quantitative estimate of drug-likeness (QED) is 0.815. The minimum absolute atomic E-state index is 0.180. The van der Waals surface area contributed by atoms with Gasteiger partial charge in [-0.1, -0.05) is 6.92 Å². The first kappa shape index (κ1) is 13.4. The molecule has 6 heteroatoms. The van der Waals surface area contributed by atoms with Gasteiger partial charge in [0, 0.05) is 10.9 Å². The summed E-state index contributed by atoms with van der Waals surface area (Å²) in [6.45, 7) is 1.89. The molecule has 0 fully saturated rings. The van der Waals surface area contributed by atoms with Crippen LogP contribution in [0.15, 0.2) is 23.6 Å². The van der Waals surface area contributed by atoms with E-state index >= 15 is 0 Å². The van der Waals surface area contributed by atoms with Gasteiger partial charge in [0.05, 0.1) is 16.4 Å². The molecule has 0 unspecified atom stereocenters. The lowest BCUT2D eigenvalue weighted by molar-refractivity contribution is -0.119. The Hall–Kier alpha value is -2.08. The molecule has 2 rings (SSSR count). The van der Waals surface area contributed by atoms with Crippen molar-refractivity contribution in [2.45, 2.75) is 13.3 Å². The molecule has 1 heterocycles. The molecule has 19 heavy (non-hydrogen) atoms. The number of nitrogens with zero attached hydrogens (tertiary/aromatic N) is 1. The first-order valence-corrected chi connectivity index (χ1v) is 6.73. The van der Waals surface area contributed by atoms with Gasteiger partial charge in [0.25, 0.3) is 5.91 Å². The Morgan fingerprint density at radius 1 is 1.47 bits per heavy atom. The van der Waals surface area contributed by atoms with Crippen LogP contribution in [0.25, 0.3) is 11.3 Å². The molecule has 0 spiro atoms. The molecule has 0 aliphatic heterocycles. The molecule has 1 amide bonds.